The number of aryl methyl sites for hydroxylation is 1. The first-order chi connectivity index (χ1) is 7.60. The quantitative estimate of drug-likeness (QED) is 0.866. The highest BCUT2D eigenvalue weighted by atomic mass is 35.5. The van der Waals surface area contributed by atoms with Crippen molar-refractivity contribution in [2.45, 2.75) is 25.9 Å². The van der Waals surface area contributed by atoms with Gasteiger partial charge in [-0.25, -0.2) is 0 Å². The van der Waals surface area contributed by atoms with Crippen LogP contribution >= 0.6 is 11.6 Å². The highest BCUT2D eigenvalue weighted by Gasteiger charge is 2.13. The zero-order valence-electron chi connectivity index (χ0n) is 9.79. The topological polar surface area (TPSA) is 38.7 Å². The average Bonchev–Trinajstić information content (AvgIpc) is 2.26. The molecule has 3 nitrogen and oxygen atoms in total. The van der Waals surface area contributed by atoms with Crippen molar-refractivity contribution in [3.63, 3.8) is 0 Å². The molecule has 0 aliphatic rings. The number of halogens is 1. The third-order valence-electron chi connectivity index (χ3n) is 2.40. The number of benzene rings is 1. The summed E-state index contributed by atoms with van der Waals surface area (Å²) in [5, 5.41) is 9.79. The molecule has 1 unspecified atom stereocenters. The Morgan fingerprint density at radius 1 is 1.31 bits per heavy atom. The van der Waals surface area contributed by atoms with E-state index in [0.29, 0.717) is 22.9 Å². The Kier molecular flexibility index (Phi) is 4.90. The third-order valence-corrected chi connectivity index (χ3v) is 2.81. The molecule has 1 N–H and O–H groups in total. The summed E-state index contributed by atoms with van der Waals surface area (Å²) >= 11 is 6.19. The highest BCUT2D eigenvalue weighted by molar-refractivity contribution is 6.33. The van der Waals surface area contributed by atoms with Crippen LogP contribution in [0.1, 0.15) is 18.9 Å². The summed E-state index contributed by atoms with van der Waals surface area (Å²) in [6, 6.07) is 3.72. The molecule has 0 saturated carbocycles. The predicted octanol–water partition coefficient (Wildman–Crippen LogP) is 2.67. The standard InChI is InChI=1S/C12H17ClO3/c1-8(14)4-5-9-6-7-10(15-2)12(16-3)11(9)13/h6-8,14H,4-5H2,1-3H3. The van der Waals surface area contributed by atoms with Gasteiger partial charge in [0.15, 0.2) is 11.5 Å². The molecular weight excluding hydrogens is 228 g/mol. The minimum Gasteiger partial charge on any atom is -0.493 e. The Labute approximate surface area is 101 Å². The number of aliphatic hydroxyl groups excluding tert-OH is 1. The lowest BCUT2D eigenvalue weighted by Gasteiger charge is -2.13. The van der Waals surface area contributed by atoms with E-state index in [2.05, 4.69) is 0 Å². The molecule has 4 heteroatoms. The van der Waals surface area contributed by atoms with Crippen LogP contribution in [0.3, 0.4) is 0 Å². The lowest BCUT2D eigenvalue weighted by molar-refractivity contribution is 0.185. The van der Waals surface area contributed by atoms with Crippen LogP contribution in [0.2, 0.25) is 5.02 Å². The Morgan fingerprint density at radius 3 is 2.50 bits per heavy atom. The van der Waals surface area contributed by atoms with Gasteiger partial charge in [0, 0.05) is 0 Å². The van der Waals surface area contributed by atoms with Gasteiger partial charge in [0.05, 0.1) is 25.3 Å². The van der Waals surface area contributed by atoms with Gasteiger partial charge in [-0.05, 0) is 31.4 Å². The molecule has 0 heterocycles. The van der Waals surface area contributed by atoms with Crippen LogP contribution in [0.25, 0.3) is 0 Å². The molecular formula is C12H17ClO3. The van der Waals surface area contributed by atoms with E-state index in [0.717, 1.165) is 12.0 Å². The Morgan fingerprint density at radius 2 is 2.00 bits per heavy atom. The summed E-state index contributed by atoms with van der Waals surface area (Å²) in [5.74, 6) is 1.17. The summed E-state index contributed by atoms with van der Waals surface area (Å²) in [6.07, 6.45) is 1.07. The SMILES string of the molecule is COc1ccc(CCC(C)O)c(Cl)c1OC. The van der Waals surface area contributed by atoms with Crippen LogP contribution in [0, 0.1) is 0 Å². The predicted molar refractivity (Wildman–Crippen MR) is 64.6 cm³/mol. The number of ether oxygens (including phenoxy) is 2. The first-order valence-corrected chi connectivity index (χ1v) is 5.55. The van der Waals surface area contributed by atoms with Gasteiger partial charge in [-0.3, -0.25) is 0 Å². The molecule has 0 saturated heterocycles. The molecule has 1 aromatic carbocycles. The van der Waals surface area contributed by atoms with Crippen molar-refractivity contribution >= 4 is 11.6 Å². The Bertz CT molecular complexity index is 350. The lowest BCUT2D eigenvalue weighted by Crippen LogP contribution is -2.02. The molecule has 0 bridgehead atoms. The minimum atomic E-state index is -0.329. The normalized spacial score (nSPS) is 12.3. The summed E-state index contributed by atoms with van der Waals surface area (Å²) in [6.45, 7) is 1.76. The van der Waals surface area contributed by atoms with Crippen LogP contribution in [0.4, 0.5) is 0 Å². The molecule has 0 fully saturated rings. The monoisotopic (exact) mass is 244 g/mol. The first kappa shape index (κ1) is 13.1. The van der Waals surface area contributed by atoms with E-state index in [1.54, 1.807) is 21.1 Å². The second kappa shape index (κ2) is 5.97. The minimum absolute atomic E-state index is 0.329. The summed E-state index contributed by atoms with van der Waals surface area (Å²) in [7, 11) is 3.13. The summed E-state index contributed by atoms with van der Waals surface area (Å²) < 4.78 is 10.3. The molecule has 1 rings (SSSR count). The van der Waals surface area contributed by atoms with Gasteiger partial charge in [0.1, 0.15) is 0 Å². The van der Waals surface area contributed by atoms with Gasteiger partial charge in [-0.15, -0.1) is 0 Å². The van der Waals surface area contributed by atoms with Gasteiger partial charge >= 0.3 is 0 Å². The van der Waals surface area contributed by atoms with E-state index < -0.39 is 0 Å². The largest absolute Gasteiger partial charge is 0.493 e. The van der Waals surface area contributed by atoms with Crippen molar-refractivity contribution in [3.8, 4) is 11.5 Å². The van der Waals surface area contributed by atoms with Gasteiger partial charge in [-0.2, -0.15) is 0 Å². The third kappa shape index (κ3) is 3.03. The maximum absolute atomic E-state index is 9.23. The van der Waals surface area contributed by atoms with E-state index in [-0.39, 0.29) is 6.10 Å². The van der Waals surface area contributed by atoms with Crippen LogP contribution in [0.15, 0.2) is 12.1 Å². The molecule has 0 spiro atoms. The molecule has 0 aromatic heterocycles. The van der Waals surface area contributed by atoms with Crippen molar-refractivity contribution in [1.29, 1.82) is 0 Å². The fourth-order valence-corrected chi connectivity index (χ4v) is 1.82. The van der Waals surface area contributed by atoms with Crippen molar-refractivity contribution in [1.82, 2.24) is 0 Å². The molecule has 0 amide bonds. The maximum atomic E-state index is 9.23. The number of hydrogen-bond donors (Lipinski definition) is 1. The van der Waals surface area contributed by atoms with Gasteiger partial charge in [0.2, 0.25) is 0 Å². The highest BCUT2D eigenvalue weighted by Crippen LogP contribution is 2.37. The average molecular weight is 245 g/mol. The summed E-state index contributed by atoms with van der Waals surface area (Å²) in [4.78, 5) is 0. The van der Waals surface area contributed by atoms with E-state index in [1.165, 1.54) is 0 Å². The van der Waals surface area contributed by atoms with E-state index in [4.69, 9.17) is 21.1 Å². The van der Waals surface area contributed by atoms with Crippen molar-refractivity contribution in [3.05, 3.63) is 22.7 Å². The zero-order valence-corrected chi connectivity index (χ0v) is 10.5. The second-order valence-corrected chi connectivity index (χ2v) is 4.04. The lowest BCUT2D eigenvalue weighted by atomic mass is 10.1. The van der Waals surface area contributed by atoms with Crippen molar-refractivity contribution < 1.29 is 14.6 Å². The van der Waals surface area contributed by atoms with Crippen LogP contribution in [-0.4, -0.2) is 25.4 Å². The molecule has 0 aliphatic heterocycles. The number of hydrogen-bond acceptors (Lipinski definition) is 3. The van der Waals surface area contributed by atoms with E-state index in [1.807, 2.05) is 12.1 Å². The van der Waals surface area contributed by atoms with Gasteiger partial charge in [0.25, 0.3) is 0 Å². The van der Waals surface area contributed by atoms with E-state index >= 15 is 0 Å². The molecule has 1 atom stereocenters. The van der Waals surface area contributed by atoms with Crippen LogP contribution in [0.5, 0.6) is 11.5 Å². The smallest absolute Gasteiger partial charge is 0.179 e. The second-order valence-electron chi connectivity index (χ2n) is 3.66. The van der Waals surface area contributed by atoms with E-state index in [9.17, 15) is 5.11 Å². The fourth-order valence-electron chi connectivity index (χ4n) is 1.49. The molecule has 0 aliphatic carbocycles. The van der Waals surface area contributed by atoms with Gasteiger partial charge < -0.3 is 14.6 Å². The zero-order chi connectivity index (χ0) is 12.1. The molecule has 1 aromatic rings. The van der Waals surface area contributed by atoms with Crippen molar-refractivity contribution in [2.75, 3.05) is 14.2 Å². The number of aliphatic hydroxyl groups is 1. The first-order valence-electron chi connectivity index (χ1n) is 5.17. The van der Waals surface area contributed by atoms with Crippen molar-refractivity contribution in [2.24, 2.45) is 0 Å². The molecule has 90 valence electrons. The van der Waals surface area contributed by atoms with Crippen LogP contribution in [-0.2, 0) is 6.42 Å². The Hall–Kier alpha value is -0.930. The number of rotatable bonds is 5. The Balaban J connectivity index is 2.95. The van der Waals surface area contributed by atoms with Gasteiger partial charge in [-0.1, -0.05) is 17.7 Å². The fraction of sp³-hybridized carbons (Fsp3) is 0.500. The van der Waals surface area contributed by atoms with Crippen LogP contribution < -0.4 is 9.47 Å². The molecule has 16 heavy (non-hydrogen) atoms. The maximum Gasteiger partial charge on any atom is 0.179 e. The number of methoxy groups -OCH3 is 2. The molecule has 0 radical (unpaired) electrons. The summed E-state index contributed by atoms with van der Waals surface area (Å²) in [5.41, 5.74) is 0.959.